The number of hydrogen-bond acceptors (Lipinski definition) is 4. The molecule has 0 radical (unpaired) electrons. The van der Waals surface area contributed by atoms with Crippen LogP contribution in [0.4, 0.5) is 22.0 Å². The highest BCUT2D eigenvalue weighted by molar-refractivity contribution is 5.75. The van der Waals surface area contributed by atoms with E-state index in [1.54, 1.807) is 0 Å². The summed E-state index contributed by atoms with van der Waals surface area (Å²) in [6.45, 7) is 7.63. The standard InChI is InChI=1S/C20H31F5O4/c1-13(2)14(10-17(3,4)5)16(27)29-18(8-6-7-9-18)11-15(26)28-12-19(21,22)20(23,24)25/h13-14H,6-12H2,1-5H3. The van der Waals surface area contributed by atoms with E-state index < -0.39 is 48.6 Å². The van der Waals surface area contributed by atoms with Gasteiger partial charge in [0.05, 0.1) is 12.3 Å². The van der Waals surface area contributed by atoms with Crippen LogP contribution in [0.5, 0.6) is 0 Å². The maximum Gasteiger partial charge on any atom is 0.456 e. The van der Waals surface area contributed by atoms with Gasteiger partial charge in [-0.2, -0.15) is 22.0 Å². The second kappa shape index (κ2) is 9.16. The van der Waals surface area contributed by atoms with E-state index in [4.69, 9.17) is 4.74 Å². The number of esters is 2. The van der Waals surface area contributed by atoms with Crippen LogP contribution in [0.1, 0.15) is 73.1 Å². The van der Waals surface area contributed by atoms with E-state index in [1.807, 2.05) is 34.6 Å². The summed E-state index contributed by atoms with van der Waals surface area (Å²) < 4.78 is 72.5. The van der Waals surface area contributed by atoms with Crippen molar-refractivity contribution in [3.05, 3.63) is 0 Å². The fourth-order valence-electron chi connectivity index (χ4n) is 3.44. The van der Waals surface area contributed by atoms with Gasteiger partial charge >= 0.3 is 24.0 Å². The third kappa shape index (κ3) is 7.74. The van der Waals surface area contributed by atoms with Crippen LogP contribution < -0.4 is 0 Å². The molecular weight excluding hydrogens is 399 g/mol. The van der Waals surface area contributed by atoms with E-state index >= 15 is 0 Å². The van der Waals surface area contributed by atoms with Crippen molar-refractivity contribution in [2.75, 3.05) is 6.61 Å². The number of alkyl halides is 5. The van der Waals surface area contributed by atoms with Crippen molar-refractivity contribution in [1.29, 1.82) is 0 Å². The molecule has 1 unspecified atom stereocenters. The minimum absolute atomic E-state index is 0.0161. The lowest BCUT2D eigenvalue weighted by Crippen LogP contribution is -2.43. The highest BCUT2D eigenvalue weighted by Crippen LogP contribution is 2.40. The lowest BCUT2D eigenvalue weighted by atomic mass is 9.79. The average molecular weight is 430 g/mol. The van der Waals surface area contributed by atoms with Crippen molar-refractivity contribution in [3.63, 3.8) is 0 Å². The predicted octanol–water partition coefficient (Wildman–Crippen LogP) is 5.68. The van der Waals surface area contributed by atoms with Crippen LogP contribution in [0.3, 0.4) is 0 Å². The van der Waals surface area contributed by atoms with Crippen molar-refractivity contribution in [2.45, 2.75) is 90.8 Å². The Hall–Kier alpha value is -1.41. The molecule has 4 nitrogen and oxygen atoms in total. The van der Waals surface area contributed by atoms with Gasteiger partial charge in [0.1, 0.15) is 5.60 Å². The molecule has 170 valence electrons. The molecule has 0 aliphatic heterocycles. The predicted molar refractivity (Wildman–Crippen MR) is 96.3 cm³/mol. The summed E-state index contributed by atoms with van der Waals surface area (Å²) in [5, 5.41) is 0. The second-order valence-corrected chi connectivity index (χ2v) is 9.47. The summed E-state index contributed by atoms with van der Waals surface area (Å²) in [5.74, 6) is -7.28. The zero-order valence-corrected chi connectivity index (χ0v) is 17.6. The number of ether oxygens (including phenoxy) is 2. The molecule has 1 atom stereocenters. The van der Waals surface area contributed by atoms with Gasteiger partial charge in [0.2, 0.25) is 0 Å². The minimum atomic E-state index is -5.80. The normalized spacial score (nSPS) is 18.6. The third-order valence-electron chi connectivity index (χ3n) is 5.07. The average Bonchev–Trinajstić information content (AvgIpc) is 2.96. The van der Waals surface area contributed by atoms with Gasteiger partial charge in [0, 0.05) is 0 Å². The molecule has 0 amide bonds. The lowest BCUT2D eigenvalue weighted by molar-refractivity contribution is -0.294. The molecule has 1 aliphatic rings. The van der Waals surface area contributed by atoms with Crippen molar-refractivity contribution < 1.29 is 41.0 Å². The van der Waals surface area contributed by atoms with Crippen LogP contribution in [-0.4, -0.2) is 36.2 Å². The van der Waals surface area contributed by atoms with Crippen LogP contribution >= 0.6 is 0 Å². The highest BCUT2D eigenvalue weighted by Gasteiger charge is 2.58. The van der Waals surface area contributed by atoms with Crippen LogP contribution in [0.25, 0.3) is 0 Å². The molecule has 0 aromatic rings. The van der Waals surface area contributed by atoms with Crippen LogP contribution in [0, 0.1) is 17.3 Å². The molecule has 1 fully saturated rings. The molecule has 29 heavy (non-hydrogen) atoms. The van der Waals surface area contributed by atoms with Gasteiger partial charge in [-0.3, -0.25) is 9.59 Å². The Morgan fingerprint density at radius 1 is 1.00 bits per heavy atom. The Balaban J connectivity index is 2.82. The summed E-state index contributed by atoms with van der Waals surface area (Å²) in [5.41, 5.74) is -1.36. The van der Waals surface area contributed by atoms with Crippen molar-refractivity contribution in [2.24, 2.45) is 17.3 Å². The van der Waals surface area contributed by atoms with E-state index in [2.05, 4.69) is 4.74 Å². The first kappa shape index (κ1) is 25.6. The summed E-state index contributed by atoms with van der Waals surface area (Å²) in [6, 6.07) is 0. The summed E-state index contributed by atoms with van der Waals surface area (Å²) in [7, 11) is 0. The molecule has 0 aromatic heterocycles. The molecule has 1 saturated carbocycles. The Bertz CT molecular complexity index is 572. The summed E-state index contributed by atoms with van der Waals surface area (Å²) >= 11 is 0. The van der Waals surface area contributed by atoms with E-state index in [1.165, 1.54) is 0 Å². The van der Waals surface area contributed by atoms with Crippen LogP contribution in [0.15, 0.2) is 0 Å². The SMILES string of the molecule is CC(C)C(CC(C)(C)C)C(=O)OC1(CC(=O)OCC(F)(F)C(F)(F)F)CCCC1. The molecule has 1 aliphatic carbocycles. The molecular formula is C20H31F5O4. The van der Waals surface area contributed by atoms with Crippen LogP contribution in [-0.2, 0) is 19.1 Å². The monoisotopic (exact) mass is 430 g/mol. The quantitative estimate of drug-likeness (QED) is 0.367. The largest absolute Gasteiger partial charge is 0.459 e. The van der Waals surface area contributed by atoms with Crippen molar-refractivity contribution >= 4 is 11.9 Å². The minimum Gasteiger partial charge on any atom is -0.459 e. The van der Waals surface area contributed by atoms with Gasteiger partial charge in [-0.05, 0) is 43.4 Å². The Morgan fingerprint density at radius 2 is 1.52 bits per heavy atom. The zero-order valence-electron chi connectivity index (χ0n) is 17.6. The molecule has 0 spiro atoms. The molecule has 9 heteroatoms. The number of carbonyl (C=O) groups is 2. The fourth-order valence-corrected chi connectivity index (χ4v) is 3.44. The van der Waals surface area contributed by atoms with E-state index in [0.717, 1.165) is 0 Å². The van der Waals surface area contributed by atoms with Crippen LogP contribution in [0.2, 0.25) is 0 Å². The molecule has 0 saturated heterocycles. The van der Waals surface area contributed by atoms with E-state index in [9.17, 15) is 31.5 Å². The zero-order chi connectivity index (χ0) is 22.7. The number of hydrogen-bond donors (Lipinski definition) is 0. The van der Waals surface area contributed by atoms with E-state index in [-0.39, 0.29) is 11.3 Å². The molecule has 0 bridgehead atoms. The number of rotatable bonds is 8. The molecule has 1 rings (SSSR count). The topological polar surface area (TPSA) is 52.6 Å². The number of carbonyl (C=O) groups excluding carboxylic acids is 2. The van der Waals surface area contributed by atoms with Gasteiger partial charge in [0.25, 0.3) is 0 Å². The first-order valence-electron chi connectivity index (χ1n) is 9.81. The van der Waals surface area contributed by atoms with Gasteiger partial charge in [-0.1, -0.05) is 34.6 Å². The first-order valence-corrected chi connectivity index (χ1v) is 9.81. The lowest BCUT2D eigenvalue weighted by Gasteiger charge is -2.33. The number of halogens is 5. The van der Waals surface area contributed by atoms with Gasteiger partial charge in [0.15, 0.2) is 6.61 Å². The summed E-state index contributed by atoms with van der Waals surface area (Å²) in [4.78, 5) is 24.8. The fraction of sp³-hybridized carbons (Fsp3) is 0.900. The van der Waals surface area contributed by atoms with Gasteiger partial charge < -0.3 is 9.47 Å². The van der Waals surface area contributed by atoms with Gasteiger partial charge in [-0.15, -0.1) is 0 Å². The smallest absolute Gasteiger partial charge is 0.456 e. The van der Waals surface area contributed by atoms with Crippen molar-refractivity contribution in [1.82, 2.24) is 0 Å². The molecule has 0 heterocycles. The highest BCUT2D eigenvalue weighted by atomic mass is 19.4. The molecule has 0 N–H and O–H groups in total. The second-order valence-electron chi connectivity index (χ2n) is 9.47. The Kier molecular flexibility index (Phi) is 8.10. The van der Waals surface area contributed by atoms with Gasteiger partial charge in [-0.25, -0.2) is 0 Å². The maximum absolute atomic E-state index is 13.0. The summed E-state index contributed by atoms with van der Waals surface area (Å²) in [6.07, 6.45) is -3.79. The Morgan fingerprint density at radius 3 is 1.93 bits per heavy atom. The molecule has 0 aromatic carbocycles. The van der Waals surface area contributed by atoms with Crippen molar-refractivity contribution in [3.8, 4) is 0 Å². The maximum atomic E-state index is 13.0. The third-order valence-corrected chi connectivity index (χ3v) is 5.07. The van der Waals surface area contributed by atoms with E-state index in [0.29, 0.717) is 32.1 Å². The Labute approximate surface area is 168 Å². The first-order chi connectivity index (χ1) is 13.0.